The molecule has 1 fully saturated rings. The fraction of sp³-hybridized carbons (Fsp3) is 0.389. The topological polar surface area (TPSA) is 61.4 Å². The summed E-state index contributed by atoms with van der Waals surface area (Å²) in [4.78, 5) is 23.9. The molecule has 6 nitrogen and oxygen atoms in total. The normalized spacial score (nSPS) is 14.7. The fourth-order valence-electron chi connectivity index (χ4n) is 2.84. The number of hydrogen-bond donors (Lipinski definition) is 1. The monoisotopic (exact) mass is 343 g/mol. The van der Waals surface area contributed by atoms with Crippen molar-refractivity contribution in [3.8, 4) is 11.3 Å². The highest BCUT2D eigenvalue weighted by Crippen LogP contribution is 2.26. The fourth-order valence-corrected chi connectivity index (χ4v) is 2.84. The van der Waals surface area contributed by atoms with Crippen LogP contribution in [-0.4, -0.2) is 53.1 Å². The van der Waals surface area contributed by atoms with E-state index < -0.39 is 5.82 Å². The SMILES string of the molecule is CC(C)NC(=O)N1CCN(c2ncnc(-c3ccccc3)c2F)CC1. The van der Waals surface area contributed by atoms with Crippen LogP contribution in [0.2, 0.25) is 0 Å². The summed E-state index contributed by atoms with van der Waals surface area (Å²) in [6.45, 7) is 5.98. The Kier molecular flexibility index (Phi) is 5.11. The Morgan fingerprint density at radius 3 is 2.44 bits per heavy atom. The van der Waals surface area contributed by atoms with Gasteiger partial charge in [-0.15, -0.1) is 0 Å². The number of aromatic nitrogens is 2. The molecule has 132 valence electrons. The van der Waals surface area contributed by atoms with Crippen molar-refractivity contribution < 1.29 is 9.18 Å². The average Bonchev–Trinajstić information content (AvgIpc) is 2.62. The van der Waals surface area contributed by atoms with Gasteiger partial charge in [-0.2, -0.15) is 0 Å². The second-order valence-corrected chi connectivity index (χ2v) is 6.30. The van der Waals surface area contributed by atoms with Crippen LogP contribution in [0.1, 0.15) is 13.8 Å². The van der Waals surface area contributed by atoms with Gasteiger partial charge < -0.3 is 15.1 Å². The maximum Gasteiger partial charge on any atom is 0.317 e. The van der Waals surface area contributed by atoms with Gasteiger partial charge >= 0.3 is 6.03 Å². The van der Waals surface area contributed by atoms with Crippen LogP contribution in [0.25, 0.3) is 11.3 Å². The lowest BCUT2D eigenvalue weighted by Crippen LogP contribution is -2.53. The van der Waals surface area contributed by atoms with E-state index in [2.05, 4.69) is 15.3 Å². The molecule has 25 heavy (non-hydrogen) atoms. The number of nitrogens with zero attached hydrogens (tertiary/aromatic N) is 4. The summed E-state index contributed by atoms with van der Waals surface area (Å²) in [5.74, 6) is -0.133. The number of hydrogen-bond acceptors (Lipinski definition) is 4. The number of carbonyl (C=O) groups excluding carboxylic acids is 1. The number of rotatable bonds is 3. The Balaban J connectivity index is 1.73. The molecule has 1 aliphatic heterocycles. The Morgan fingerprint density at radius 2 is 1.80 bits per heavy atom. The van der Waals surface area contributed by atoms with Gasteiger partial charge in [-0.1, -0.05) is 30.3 Å². The number of benzene rings is 1. The molecule has 0 spiro atoms. The number of anilines is 1. The van der Waals surface area contributed by atoms with Crippen LogP contribution in [0, 0.1) is 5.82 Å². The lowest BCUT2D eigenvalue weighted by molar-refractivity contribution is 0.191. The first-order valence-corrected chi connectivity index (χ1v) is 8.42. The van der Waals surface area contributed by atoms with Crippen LogP contribution in [0.4, 0.5) is 15.0 Å². The summed E-state index contributed by atoms with van der Waals surface area (Å²) in [6, 6.07) is 9.24. The Morgan fingerprint density at radius 1 is 1.12 bits per heavy atom. The standard InChI is InChI=1S/C18H22FN5O/c1-13(2)22-18(25)24-10-8-23(9-11-24)17-15(19)16(20-12-21-17)14-6-4-3-5-7-14/h3-7,12-13H,8-11H2,1-2H3,(H,22,25). The number of piperazine rings is 1. The molecule has 2 heterocycles. The molecule has 1 aliphatic rings. The minimum Gasteiger partial charge on any atom is -0.351 e. The second kappa shape index (κ2) is 7.46. The lowest BCUT2D eigenvalue weighted by Gasteiger charge is -2.35. The molecule has 0 bridgehead atoms. The van der Waals surface area contributed by atoms with Crippen molar-refractivity contribution in [2.45, 2.75) is 19.9 Å². The molecule has 0 saturated carbocycles. The van der Waals surface area contributed by atoms with Gasteiger partial charge in [-0.25, -0.2) is 19.2 Å². The predicted octanol–water partition coefficient (Wildman–Crippen LogP) is 2.52. The van der Waals surface area contributed by atoms with Crippen molar-refractivity contribution in [2.75, 3.05) is 31.1 Å². The smallest absolute Gasteiger partial charge is 0.317 e. The van der Waals surface area contributed by atoms with E-state index in [4.69, 9.17) is 0 Å². The number of amides is 2. The van der Waals surface area contributed by atoms with E-state index in [1.54, 1.807) is 4.90 Å². The van der Waals surface area contributed by atoms with E-state index in [1.807, 2.05) is 49.1 Å². The quantitative estimate of drug-likeness (QED) is 0.930. The van der Waals surface area contributed by atoms with Gasteiger partial charge in [0, 0.05) is 37.8 Å². The first kappa shape index (κ1) is 17.1. The van der Waals surface area contributed by atoms with E-state index in [9.17, 15) is 9.18 Å². The zero-order chi connectivity index (χ0) is 17.8. The molecule has 0 atom stereocenters. The van der Waals surface area contributed by atoms with Crippen molar-refractivity contribution in [1.82, 2.24) is 20.2 Å². The van der Waals surface area contributed by atoms with Gasteiger partial charge in [0.2, 0.25) is 0 Å². The molecule has 3 rings (SSSR count). The maximum atomic E-state index is 14.9. The van der Waals surface area contributed by atoms with Gasteiger partial charge in [0.05, 0.1) is 0 Å². The minimum absolute atomic E-state index is 0.0808. The highest BCUT2D eigenvalue weighted by Gasteiger charge is 2.25. The van der Waals surface area contributed by atoms with Gasteiger partial charge in [0.25, 0.3) is 0 Å². The molecule has 0 aliphatic carbocycles. The van der Waals surface area contributed by atoms with Crippen molar-refractivity contribution in [3.63, 3.8) is 0 Å². The highest BCUT2D eigenvalue weighted by molar-refractivity contribution is 5.75. The Bertz CT molecular complexity index is 730. The minimum atomic E-state index is -0.422. The van der Waals surface area contributed by atoms with Crippen LogP contribution >= 0.6 is 0 Å². The molecule has 0 unspecified atom stereocenters. The van der Waals surface area contributed by atoms with Gasteiger partial charge in [0.1, 0.15) is 12.0 Å². The number of carbonyl (C=O) groups is 1. The third kappa shape index (κ3) is 3.87. The molecule has 1 saturated heterocycles. The summed E-state index contributed by atoms with van der Waals surface area (Å²) < 4.78 is 14.9. The molecular weight excluding hydrogens is 321 g/mol. The zero-order valence-corrected chi connectivity index (χ0v) is 14.4. The molecular formula is C18H22FN5O. The van der Waals surface area contributed by atoms with Gasteiger partial charge in [-0.05, 0) is 13.8 Å². The molecule has 2 aromatic rings. The summed E-state index contributed by atoms with van der Waals surface area (Å²) in [5, 5.41) is 2.88. The van der Waals surface area contributed by atoms with E-state index in [1.165, 1.54) is 6.33 Å². The van der Waals surface area contributed by atoms with E-state index >= 15 is 0 Å². The van der Waals surface area contributed by atoms with Crippen molar-refractivity contribution in [3.05, 3.63) is 42.5 Å². The van der Waals surface area contributed by atoms with Crippen molar-refractivity contribution >= 4 is 11.8 Å². The first-order chi connectivity index (χ1) is 12.1. The number of halogens is 1. The molecule has 1 aromatic carbocycles. The van der Waals surface area contributed by atoms with Gasteiger partial charge in [-0.3, -0.25) is 0 Å². The summed E-state index contributed by atoms with van der Waals surface area (Å²) in [6.07, 6.45) is 1.39. The average molecular weight is 343 g/mol. The number of nitrogens with one attached hydrogen (secondary N) is 1. The molecule has 2 amide bonds. The maximum absolute atomic E-state index is 14.9. The van der Waals surface area contributed by atoms with Crippen LogP contribution < -0.4 is 10.2 Å². The predicted molar refractivity (Wildman–Crippen MR) is 94.9 cm³/mol. The van der Waals surface area contributed by atoms with Crippen LogP contribution in [0.15, 0.2) is 36.7 Å². The summed E-state index contributed by atoms with van der Waals surface area (Å²) >= 11 is 0. The third-order valence-electron chi connectivity index (χ3n) is 4.10. The third-order valence-corrected chi connectivity index (χ3v) is 4.10. The summed E-state index contributed by atoms with van der Waals surface area (Å²) in [7, 11) is 0. The van der Waals surface area contributed by atoms with Crippen LogP contribution in [0.3, 0.4) is 0 Å². The highest BCUT2D eigenvalue weighted by atomic mass is 19.1. The van der Waals surface area contributed by atoms with Crippen LogP contribution in [0.5, 0.6) is 0 Å². The first-order valence-electron chi connectivity index (χ1n) is 8.42. The Labute approximate surface area is 146 Å². The zero-order valence-electron chi connectivity index (χ0n) is 14.4. The van der Waals surface area contributed by atoms with Crippen molar-refractivity contribution in [2.24, 2.45) is 0 Å². The molecule has 1 aromatic heterocycles. The molecule has 1 N–H and O–H groups in total. The molecule has 7 heteroatoms. The Hall–Kier alpha value is -2.70. The van der Waals surface area contributed by atoms with E-state index in [-0.39, 0.29) is 17.9 Å². The van der Waals surface area contributed by atoms with Gasteiger partial charge in [0.15, 0.2) is 11.6 Å². The van der Waals surface area contributed by atoms with E-state index in [0.717, 1.165) is 5.56 Å². The van der Waals surface area contributed by atoms with Crippen molar-refractivity contribution in [1.29, 1.82) is 0 Å². The largest absolute Gasteiger partial charge is 0.351 e. The summed E-state index contributed by atoms with van der Waals surface area (Å²) in [5.41, 5.74) is 1.02. The second-order valence-electron chi connectivity index (χ2n) is 6.30. The van der Waals surface area contributed by atoms with Crippen LogP contribution in [-0.2, 0) is 0 Å². The lowest BCUT2D eigenvalue weighted by atomic mass is 10.1. The number of urea groups is 1. The molecule has 0 radical (unpaired) electrons. The van der Waals surface area contributed by atoms with E-state index in [0.29, 0.717) is 31.9 Å².